The van der Waals surface area contributed by atoms with Gasteiger partial charge in [-0.25, -0.2) is 0 Å². The molecule has 5 heteroatoms. The molecule has 1 unspecified atom stereocenters. The Morgan fingerprint density at radius 3 is 2.95 bits per heavy atom. The maximum atomic E-state index is 12.7. The topological polar surface area (TPSA) is 20.3 Å². The molecule has 1 fully saturated rings. The van der Waals surface area contributed by atoms with E-state index in [1.165, 1.54) is 6.42 Å². The van der Waals surface area contributed by atoms with Gasteiger partial charge in [-0.15, -0.1) is 0 Å². The molecule has 2 nitrogen and oxygen atoms in total. The van der Waals surface area contributed by atoms with E-state index < -0.39 is 0 Å². The summed E-state index contributed by atoms with van der Waals surface area (Å²) in [4.78, 5) is 14.8. The lowest BCUT2D eigenvalue weighted by Crippen LogP contribution is -2.44. The zero-order valence-corrected chi connectivity index (χ0v) is 15.9. The van der Waals surface area contributed by atoms with Crippen molar-refractivity contribution in [1.29, 1.82) is 0 Å². The molecule has 1 aliphatic rings. The second kappa shape index (κ2) is 7.41. The average molecular weight is 501 g/mol. The number of piperidine rings is 1. The summed E-state index contributed by atoms with van der Waals surface area (Å²) in [6, 6.07) is 6.31. The van der Waals surface area contributed by atoms with Crippen LogP contribution >= 0.6 is 54.5 Å². The Hall–Kier alpha value is 0.380. The molecule has 1 saturated heterocycles. The Morgan fingerprint density at radius 2 is 2.21 bits per heavy atom. The van der Waals surface area contributed by atoms with Crippen LogP contribution in [-0.4, -0.2) is 28.7 Å². The van der Waals surface area contributed by atoms with E-state index in [9.17, 15) is 4.79 Å². The molecule has 1 heterocycles. The van der Waals surface area contributed by atoms with Crippen LogP contribution in [0.5, 0.6) is 0 Å². The molecule has 0 spiro atoms. The van der Waals surface area contributed by atoms with Crippen LogP contribution in [0.25, 0.3) is 0 Å². The number of alkyl halides is 1. The van der Waals surface area contributed by atoms with Crippen molar-refractivity contribution in [2.24, 2.45) is 0 Å². The molecule has 104 valence electrons. The number of rotatable bonds is 3. The normalized spacial score (nSPS) is 19.5. The SMILES string of the molecule is O=C(c1cc(I)ccc1Br)N1CCCCC1CCBr. The fourth-order valence-electron chi connectivity index (χ4n) is 2.51. The van der Waals surface area contributed by atoms with Gasteiger partial charge in [-0.1, -0.05) is 15.9 Å². The van der Waals surface area contributed by atoms with Crippen LogP contribution in [0.4, 0.5) is 0 Å². The van der Waals surface area contributed by atoms with Crippen LogP contribution in [0.3, 0.4) is 0 Å². The van der Waals surface area contributed by atoms with E-state index in [4.69, 9.17) is 0 Å². The first-order valence-electron chi connectivity index (χ1n) is 6.45. The highest BCUT2D eigenvalue weighted by molar-refractivity contribution is 14.1. The summed E-state index contributed by atoms with van der Waals surface area (Å²) in [5, 5.41) is 0.953. The molecule has 2 rings (SSSR count). The summed E-state index contributed by atoms with van der Waals surface area (Å²) in [7, 11) is 0. The fraction of sp³-hybridized carbons (Fsp3) is 0.500. The number of amides is 1. The van der Waals surface area contributed by atoms with Gasteiger partial charge >= 0.3 is 0 Å². The molecule has 0 N–H and O–H groups in total. The maximum absolute atomic E-state index is 12.7. The lowest BCUT2D eigenvalue weighted by atomic mass is 9.99. The van der Waals surface area contributed by atoms with Crippen LogP contribution in [-0.2, 0) is 0 Å². The Bertz CT molecular complexity index is 465. The van der Waals surface area contributed by atoms with Crippen LogP contribution in [0.2, 0.25) is 0 Å². The average Bonchev–Trinajstić information content (AvgIpc) is 2.42. The summed E-state index contributed by atoms with van der Waals surface area (Å²) in [5.41, 5.74) is 0.786. The molecular weight excluding hydrogens is 485 g/mol. The third kappa shape index (κ3) is 3.94. The summed E-state index contributed by atoms with van der Waals surface area (Å²) >= 11 is 9.24. The van der Waals surface area contributed by atoms with E-state index in [0.29, 0.717) is 6.04 Å². The number of carbonyl (C=O) groups is 1. The predicted molar refractivity (Wildman–Crippen MR) is 93.9 cm³/mol. The van der Waals surface area contributed by atoms with Gasteiger partial charge < -0.3 is 4.90 Å². The second-order valence-electron chi connectivity index (χ2n) is 4.75. The molecule has 0 bridgehead atoms. The zero-order valence-electron chi connectivity index (χ0n) is 10.5. The molecule has 19 heavy (non-hydrogen) atoms. The van der Waals surface area contributed by atoms with Gasteiger partial charge in [0.2, 0.25) is 0 Å². The first-order valence-corrected chi connectivity index (χ1v) is 9.45. The van der Waals surface area contributed by atoms with Crippen molar-refractivity contribution in [3.8, 4) is 0 Å². The first-order chi connectivity index (χ1) is 9.13. The lowest BCUT2D eigenvalue weighted by Gasteiger charge is -2.36. The highest BCUT2D eigenvalue weighted by atomic mass is 127. The van der Waals surface area contributed by atoms with Gasteiger partial charge in [0.25, 0.3) is 5.91 Å². The summed E-state index contributed by atoms with van der Waals surface area (Å²) < 4.78 is 1.99. The van der Waals surface area contributed by atoms with Crippen LogP contribution < -0.4 is 0 Å². The number of nitrogens with zero attached hydrogens (tertiary/aromatic N) is 1. The monoisotopic (exact) mass is 499 g/mol. The number of carbonyl (C=O) groups excluding carboxylic acids is 1. The molecule has 1 aromatic carbocycles. The van der Waals surface area contributed by atoms with Crippen LogP contribution in [0.15, 0.2) is 22.7 Å². The van der Waals surface area contributed by atoms with Gasteiger partial charge in [0.05, 0.1) is 5.56 Å². The molecule has 1 aromatic rings. The van der Waals surface area contributed by atoms with E-state index in [-0.39, 0.29) is 5.91 Å². The molecule has 1 atom stereocenters. The molecule has 0 aliphatic carbocycles. The van der Waals surface area contributed by atoms with Crippen molar-refractivity contribution in [3.05, 3.63) is 31.8 Å². The Labute approximate surface area is 144 Å². The largest absolute Gasteiger partial charge is 0.336 e. The first kappa shape index (κ1) is 15.8. The van der Waals surface area contributed by atoms with Crippen molar-refractivity contribution in [1.82, 2.24) is 4.90 Å². The molecule has 1 aliphatic heterocycles. The summed E-state index contributed by atoms with van der Waals surface area (Å²) in [5.74, 6) is 0.163. The van der Waals surface area contributed by atoms with Crippen LogP contribution in [0, 0.1) is 3.57 Å². The Morgan fingerprint density at radius 1 is 1.42 bits per heavy atom. The van der Waals surface area contributed by atoms with Crippen molar-refractivity contribution in [2.75, 3.05) is 11.9 Å². The van der Waals surface area contributed by atoms with Gasteiger partial charge in [-0.3, -0.25) is 4.79 Å². The number of benzene rings is 1. The van der Waals surface area contributed by atoms with E-state index in [0.717, 1.165) is 44.7 Å². The van der Waals surface area contributed by atoms with E-state index >= 15 is 0 Å². The van der Waals surface area contributed by atoms with Gasteiger partial charge in [-0.05, 0) is 82.4 Å². The fourth-order valence-corrected chi connectivity index (χ4v) is 3.95. The minimum absolute atomic E-state index is 0.163. The number of halogens is 3. The smallest absolute Gasteiger partial charge is 0.255 e. The van der Waals surface area contributed by atoms with Crippen molar-refractivity contribution >= 4 is 60.4 Å². The van der Waals surface area contributed by atoms with E-state index in [2.05, 4.69) is 59.4 Å². The third-order valence-electron chi connectivity index (χ3n) is 3.49. The third-order valence-corrected chi connectivity index (χ3v) is 5.31. The Kier molecular flexibility index (Phi) is 6.14. The second-order valence-corrected chi connectivity index (χ2v) is 7.64. The van der Waals surface area contributed by atoms with Gasteiger partial charge in [0.1, 0.15) is 0 Å². The molecule has 0 saturated carbocycles. The standard InChI is InChI=1S/C14H16Br2INO/c15-7-6-11-3-1-2-8-18(11)14(19)12-9-10(17)4-5-13(12)16/h4-5,9,11H,1-3,6-8H2. The molecule has 0 radical (unpaired) electrons. The molecular formula is C14H16Br2INO. The molecule has 1 amide bonds. The lowest BCUT2D eigenvalue weighted by molar-refractivity contribution is 0.0609. The number of hydrogen-bond acceptors (Lipinski definition) is 1. The maximum Gasteiger partial charge on any atom is 0.255 e. The predicted octanol–water partition coefficient (Wildman–Crippen LogP) is 4.83. The minimum Gasteiger partial charge on any atom is -0.336 e. The Balaban J connectivity index is 2.23. The summed E-state index contributed by atoms with van der Waals surface area (Å²) in [6.07, 6.45) is 4.51. The summed E-state index contributed by atoms with van der Waals surface area (Å²) in [6.45, 7) is 0.883. The number of likely N-dealkylation sites (tertiary alicyclic amines) is 1. The van der Waals surface area contributed by atoms with Crippen LogP contribution in [0.1, 0.15) is 36.0 Å². The van der Waals surface area contributed by atoms with Crippen molar-refractivity contribution in [2.45, 2.75) is 31.7 Å². The highest BCUT2D eigenvalue weighted by Gasteiger charge is 2.27. The van der Waals surface area contributed by atoms with Gasteiger partial charge in [0.15, 0.2) is 0 Å². The zero-order chi connectivity index (χ0) is 13.8. The van der Waals surface area contributed by atoms with E-state index in [1.807, 2.05) is 18.2 Å². The van der Waals surface area contributed by atoms with Crippen molar-refractivity contribution in [3.63, 3.8) is 0 Å². The minimum atomic E-state index is 0.163. The van der Waals surface area contributed by atoms with E-state index in [1.54, 1.807) is 0 Å². The van der Waals surface area contributed by atoms with Crippen molar-refractivity contribution < 1.29 is 4.79 Å². The van der Waals surface area contributed by atoms with Gasteiger partial charge in [0, 0.05) is 26.0 Å². The number of hydrogen-bond donors (Lipinski definition) is 0. The molecule has 0 aromatic heterocycles. The van der Waals surface area contributed by atoms with Gasteiger partial charge in [-0.2, -0.15) is 0 Å². The quantitative estimate of drug-likeness (QED) is 0.430. The highest BCUT2D eigenvalue weighted by Crippen LogP contribution is 2.26.